The van der Waals surface area contributed by atoms with Gasteiger partial charge in [-0.05, 0) is 44.5 Å². The molecule has 1 N–H and O–H groups in total. The molecule has 0 saturated heterocycles. The van der Waals surface area contributed by atoms with Crippen LogP contribution in [0.3, 0.4) is 0 Å². The van der Waals surface area contributed by atoms with Gasteiger partial charge in [-0.15, -0.1) is 5.10 Å². The third-order valence-electron chi connectivity index (χ3n) is 5.02. The van der Waals surface area contributed by atoms with Gasteiger partial charge in [0.1, 0.15) is 12.4 Å². The fraction of sp³-hybridized carbons (Fsp3) is 0.409. The van der Waals surface area contributed by atoms with Gasteiger partial charge in [-0.3, -0.25) is 4.68 Å². The van der Waals surface area contributed by atoms with Crippen LogP contribution >= 0.6 is 0 Å². The summed E-state index contributed by atoms with van der Waals surface area (Å²) >= 11 is 0. The first-order valence-corrected chi connectivity index (χ1v) is 10.9. The number of nitrogens with zero attached hydrogens (tertiary/aromatic N) is 7. The summed E-state index contributed by atoms with van der Waals surface area (Å²) in [5.41, 5.74) is 2.81. The van der Waals surface area contributed by atoms with Crippen LogP contribution in [0.5, 0.6) is 5.75 Å². The number of nitrogens with one attached hydrogen (secondary N) is 1. The largest absolute Gasteiger partial charge is 0.491 e. The fourth-order valence-corrected chi connectivity index (χ4v) is 3.19. The van der Waals surface area contributed by atoms with E-state index in [1.807, 2.05) is 42.1 Å². The molecule has 0 aliphatic rings. The number of hydrogen-bond acceptors (Lipinski definition) is 9. The van der Waals surface area contributed by atoms with Crippen molar-refractivity contribution in [1.82, 2.24) is 34.7 Å². The molecule has 174 valence electrons. The second-order valence-electron chi connectivity index (χ2n) is 7.41. The normalized spacial score (nSPS) is 12.2. The molecule has 11 heteroatoms. The van der Waals surface area contributed by atoms with Crippen LogP contribution < -0.4 is 10.1 Å². The number of aromatic nitrogens is 7. The van der Waals surface area contributed by atoms with Crippen molar-refractivity contribution in [3.8, 4) is 11.4 Å². The Morgan fingerprint density at radius 2 is 1.94 bits per heavy atom. The minimum Gasteiger partial charge on any atom is -0.491 e. The molecule has 3 heterocycles. The number of anilines is 2. The summed E-state index contributed by atoms with van der Waals surface area (Å²) in [5, 5.41) is 16.0. The maximum Gasteiger partial charge on any atom is 0.229 e. The Bertz CT molecular complexity index is 1160. The molecule has 11 nitrogen and oxygen atoms in total. The Labute approximate surface area is 191 Å². The van der Waals surface area contributed by atoms with Gasteiger partial charge >= 0.3 is 0 Å². The number of fused-ring (bicyclic) bond motifs is 1. The van der Waals surface area contributed by atoms with Crippen LogP contribution in [0, 0.1) is 0 Å². The lowest BCUT2D eigenvalue weighted by atomic mass is 10.2. The molecule has 0 aliphatic heterocycles. The minimum atomic E-state index is 0.225. The average Bonchev–Trinajstić information content (AvgIpc) is 3.47. The van der Waals surface area contributed by atoms with Gasteiger partial charge in [0.05, 0.1) is 36.4 Å². The maximum atomic E-state index is 5.62. The van der Waals surface area contributed by atoms with E-state index >= 15 is 0 Å². The monoisotopic (exact) mass is 452 g/mol. The van der Waals surface area contributed by atoms with Crippen molar-refractivity contribution in [2.24, 2.45) is 0 Å². The quantitative estimate of drug-likeness (QED) is 0.324. The second kappa shape index (κ2) is 10.8. The molecule has 4 rings (SSSR count). The van der Waals surface area contributed by atoms with Gasteiger partial charge in [-0.2, -0.15) is 14.8 Å². The zero-order valence-electron chi connectivity index (χ0n) is 19.0. The van der Waals surface area contributed by atoms with Gasteiger partial charge in [0, 0.05) is 26.5 Å². The lowest BCUT2D eigenvalue weighted by molar-refractivity contribution is 0.133. The maximum absolute atomic E-state index is 5.62. The standard InChI is InChI=1S/C22H28N8O3/c1-4-32-10-9-16(2)29-15-17(13-24-29)25-22-23-14-20-21(26-22)30(28-27-20)18-5-7-19(8-6-18)33-12-11-31-3/h5-8,13-16H,4,9-12H2,1-3H3,(H,23,25,26). The van der Waals surface area contributed by atoms with Gasteiger partial charge in [0.25, 0.3) is 0 Å². The Balaban J connectivity index is 1.47. The predicted octanol–water partition coefficient (Wildman–Crippen LogP) is 3.16. The van der Waals surface area contributed by atoms with Crippen molar-refractivity contribution in [2.75, 3.05) is 38.9 Å². The summed E-state index contributed by atoms with van der Waals surface area (Å²) in [5.74, 6) is 1.19. The Morgan fingerprint density at radius 1 is 1.09 bits per heavy atom. The molecule has 0 amide bonds. The topological polar surface area (TPSA) is 114 Å². The van der Waals surface area contributed by atoms with Crippen LogP contribution in [-0.4, -0.2) is 68.3 Å². The number of benzene rings is 1. The van der Waals surface area contributed by atoms with Crippen LogP contribution in [-0.2, 0) is 9.47 Å². The third-order valence-corrected chi connectivity index (χ3v) is 5.02. The van der Waals surface area contributed by atoms with E-state index in [2.05, 4.69) is 37.6 Å². The van der Waals surface area contributed by atoms with E-state index in [1.54, 1.807) is 24.2 Å². The van der Waals surface area contributed by atoms with E-state index in [0.29, 0.717) is 36.9 Å². The minimum absolute atomic E-state index is 0.225. The van der Waals surface area contributed by atoms with Gasteiger partial charge < -0.3 is 19.5 Å². The van der Waals surface area contributed by atoms with Gasteiger partial charge in [-0.1, -0.05) is 5.21 Å². The molecule has 1 atom stereocenters. The van der Waals surface area contributed by atoms with Crippen LogP contribution in [0.4, 0.5) is 11.6 Å². The van der Waals surface area contributed by atoms with Crippen molar-refractivity contribution in [3.05, 3.63) is 42.9 Å². The Hall–Kier alpha value is -3.57. The summed E-state index contributed by atoms with van der Waals surface area (Å²) in [6.45, 7) is 6.55. The molecule has 0 fully saturated rings. The first kappa shape index (κ1) is 22.6. The van der Waals surface area contributed by atoms with Crippen molar-refractivity contribution in [2.45, 2.75) is 26.3 Å². The Morgan fingerprint density at radius 3 is 2.73 bits per heavy atom. The van der Waals surface area contributed by atoms with Crippen LogP contribution in [0.1, 0.15) is 26.3 Å². The van der Waals surface area contributed by atoms with Crippen LogP contribution in [0.15, 0.2) is 42.9 Å². The zero-order valence-corrected chi connectivity index (χ0v) is 19.0. The van der Waals surface area contributed by atoms with E-state index in [1.165, 1.54) is 0 Å². The summed E-state index contributed by atoms with van der Waals surface area (Å²) in [4.78, 5) is 8.97. The third kappa shape index (κ3) is 5.62. The molecule has 0 bridgehead atoms. The molecule has 0 saturated carbocycles. The van der Waals surface area contributed by atoms with E-state index < -0.39 is 0 Å². The first-order valence-electron chi connectivity index (χ1n) is 10.9. The number of hydrogen-bond donors (Lipinski definition) is 1. The Kier molecular flexibility index (Phi) is 7.43. The van der Waals surface area contributed by atoms with Crippen molar-refractivity contribution < 1.29 is 14.2 Å². The van der Waals surface area contributed by atoms with E-state index in [0.717, 1.165) is 30.2 Å². The van der Waals surface area contributed by atoms with Crippen molar-refractivity contribution >= 4 is 22.8 Å². The molecule has 1 unspecified atom stereocenters. The highest BCUT2D eigenvalue weighted by Crippen LogP contribution is 2.21. The number of ether oxygens (including phenoxy) is 3. The van der Waals surface area contributed by atoms with Crippen LogP contribution in [0.2, 0.25) is 0 Å². The highest BCUT2D eigenvalue weighted by atomic mass is 16.5. The summed E-state index contributed by atoms with van der Waals surface area (Å²) < 4.78 is 19.6. The van der Waals surface area contributed by atoms with E-state index in [-0.39, 0.29) is 6.04 Å². The average molecular weight is 453 g/mol. The molecular weight excluding hydrogens is 424 g/mol. The highest BCUT2D eigenvalue weighted by Gasteiger charge is 2.12. The molecule has 4 aromatic rings. The summed E-state index contributed by atoms with van der Waals surface area (Å²) in [6.07, 6.45) is 6.22. The van der Waals surface area contributed by atoms with E-state index in [4.69, 9.17) is 14.2 Å². The predicted molar refractivity (Wildman–Crippen MR) is 123 cm³/mol. The molecule has 0 radical (unpaired) electrons. The SMILES string of the molecule is CCOCCC(C)n1cc(Nc2ncc3nnn(-c4ccc(OCCOC)cc4)c3n2)cn1. The molecule has 1 aromatic carbocycles. The molecule has 0 aliphatic carbocycles. The van der Waals surface area contributed by atoms with E-state index in [9.17, 15) is 0 Å². The van der Waals surface area contributed by atoms with Gasteiger partial charge in [0.2, 0.25) is 5.95 Å². The lowest BCUT2D eigenvalue weighted by Gasteiger charge is -2.11. The molecule has 3 aromatic heterocycles. The number of rotatable bonds is 12. The van der Waals surface area contributed by atoms with Crippen LogP contribution in [0.25, 0.3) is 16.9 Å². The smallest absolute Gasteiger partial charge is 0.229 e. The molecule has 0 spiro atoms. The lowest BCUT2D eigenvalue weighted by Crippen LogP contribution is -2.09. The fourth-order valence-electron chi connectivity index (χ4n) is 3.19. The molecular formula is C22H28N8O3. The molecule has 33 heavy (non-hydrogen) atoms. The van der Waals surface area contributed by atoms with Gasteiger partial charge in [-0.25, -0.2) is 4.98 Å². The van der Waals surface area contributed by atoms with Crippen molar-refractivity contribution in [3.63, 3.8) is 0 Å². The second-order valence-corrected chi connectivity index (χ2v) is 7.41. The van der Waals surface area contributed by atoms with Crippen molar-refractivity contribution in [1.29, 1.82) is 0 Å². The number of methoxy groups -OCH3 is 1. The summed E-state index contributed by atoms with van der Waals surface area (Å²) in [6, 6.07) is 7.78. The van der Waals surface area contributed by atoms with Gasteiger partial charge in [0.15, 0.2) is 11.2 Å². The zero-order chi connectivity index (χ0) is 23.0. The first-order chi connectivity index (χ1) is 16.2. The summed E-state index contributed by atoms with van der Waals surface area (Å²) in [7, 11) is 1.64. The highest BCUT2D eigenvalue weighted by molar-refractivity contribution is 5.72.